The second-order valence-electron chi connectivity index (χ2n) is 3.30. The lowest BCUT2D eigenvalue weighted by molar-refractivity contribution is -0.384. The smallest absolute Gasteiger partial charge is 0.258 e. The van der Waals surface area contributed by atoms with Gasteiger partial charge in [-0.15, -0.1) is 0 Å². The Bertz CT molecular complexity index is 601. The van der Waals surface area contributed by atoms with Crippen LogP contribution in [0, 0.1) is 22.9 Å². The Balaban J connectivity index is 2.94. The van der Waals surface area contributed by atoms with Crippen LogP contribution in [-0.2, 0) is 0 Å². The van der Waals surface area contributed by atoms with Gasteiger partial charge >= 0.3 is 5.69 Å². The zero-order valence-corrected chi connectivity index (χ0v) is 8.95. The molecular weight excluding hydrogens is 235 g/mol. The predicted octanol–water partition coefficient (Wildman–Crippen LogP) is 3.24. The first kappa shape index (κ1) is 10.8. The van der Waals surface area contributed by atoms with E-state index in [0.717, 1.165) is 6.20 Å². The van der Waals surface area contributed by atoms with Crippen molar-refractivity contribution in [2.24, 2.45) is 0 Å². The van der Waals surface area contributed by atoms with Gasteiger partial charge in [0, 0.05) is 0 Å². The minimum Gasteiger partial charge on any atom is -0.258 e. The highest BCUT2D eigenvalue weighted by atomic mass is 35.5. The van der Waals surface area contributed by atoms with Gasteiger partial charge in [-0.25, -0.2) is 9.37 Å². The summed E-state index contributed by atoms with van der Waals surface area (Å²) in [6, 6.07) is 2.77. The highest BCUT2D eigenvalue weighted by Gasteiger charge is 2.19. The molecule has 0 aliphatic rings. The largest absolute Gasteiger partial charge is 0.306 e. The molecular formula is C10H6ClFN2O2. The number of nitro groups is 1. The van der Waals surface area contributed by atoms with Crippen molar-refractivity contribution in [1.82, 2.24) is 4.98 Å². The lowest BCUT2D eigenvalue weighted by Crippen LogP contribution is -1.94. The normalized spacial score (nSPS) is 10.7. The summed E-state index contributed by atoms with van der Waals surface area (Å²) in [6.07, 6.45) is 1.04. The molecule has 6 heteroatoms. The average molecular weight is 241 g/mol. The minimum absolute atomic E-state index is 0.00383. The minimum atomic E-state index is -0.684. The maximum absolute atomic E-state index is 13.5. The van der Waals surface area contributed by atoms with Gasteiger partial charge in [0.1, 0.15) is 17.0 Å². The lowest BCUT2D eigenvalue weighted by atomic mass is 10.1. The molecule has 82 valence electrons. The molecule has 2 aromatic rings. The van der Waals surface area contributed by atoms with Gasteiger partial charge in [-0.05, 0) is 18.6 Å². The zero-order valence-electron chi connectivity index (χ0n) is 8.20. The van der Waals surface area contributed by atoms with E-state index in [2.05, 4.69) is 4.98 Å². The standard InChI is InChI=1S/C10H6ClFN2O2/c1-5-2-3-6(12)8-9(11)7(14(15)16)4-13-10(5)8/h2-4H,1H3. The summed E-state index contributed by atoms with van der Waals surface area (Å²) in [4.78, 5) is 13.8. The van der Waals surface area contributed by atoms with Crippen molar-refractivity contribution in [3.8, 4) is 0 Å². The van der Waals surface area contributed by atoms with E-state index in [0.29, 0.717) is 11.1 Å². The van der Waals surface area contributed by atoms with Crippen LogP contribution in [0.25, 0.3) is 10.9 Å². The molecule has 16 heavy (non-hydrogen) atoms. The predicted molar refractivity (Wildman–Crippen MR) is 58.1 cm³/mol. The van der Waals surface area contributed by atoms with Crippen LogP contribution in [0.3, 0.4) is 0 Å². The maximum atomic E-state index is 13.5. The monoisotopic (exact) mass is 240 g/mol. The van der Waals surface area contributed by atoms with E-state index in [1.165, 1.54) is 6.07 Å². The highest BCUT2D eigenvalue weighted by Crippen LogP contribution is 2.33. The maximum Gasteiger partial charge on any atom is 0.306 e. The number of fused-ring (bicyclic) bond motifs is 1. The Morgan fingerprint density at radius 1 is 1.50 bits per heavy atom. The summed E-state index contributed by atoms with van der Waals surface area (Å²) in [7, 11) is 0. The Morgan fingerprint density at radius 2 is 2.19 bits per heavy atom. The van der Waals surface area contributed by atoms with Crippen molar-refractivity contribution in [2.45, 2.75) is 6.92 Å². The highest BCUT2D eigenvalue weighted by molar-refractivity contribution is 6.37. The number of halogens is 2. The first-order valence-corrected chi connectivity index (χ1v) is 4.78. The number of hydrogen-bond acceptors (Lipinski definition) is 3. The first-order chi connectivity index (χ1) is 7.52. The van der Waals surface area contributed by atoms with Crippen molar-refractivity contribution < 1.29 is 9.31 Å². The van der Waals surface area contributed by atoms with Crippen LogP contribution >= 0.6 is 11.6 Å². The van der Waals surface area contributed by atoms with Crippen molar-refractivity contribution in [1.29, 1.82) is 0 Å². The third kappa shape index (κ3) is 1.49. The molecule has 0 saturated carbocycles. The molecule has 1 aromatic heterocycles. The lowest BCUT2D eigenvalue weighted by Gasteiger charge is -2.04. The van der Waals surface area contributed by atoms with Gasteiger partial charge in [0.25, 0.3) is 0 Å². The van der Waals surface area contributed by atoms with Crippen molar-refractivity contribution in [2.75, 3.05) is 0 Å². The molecule has 1 aromatic carbocycles. The Morgan fingerprint density at radius 3 is 2.81 bits per heavy atom. The molecule has 0 spiro atoms. The van der Waals surface area contributed by atoms with Crippen LogP contribution in [-0.4, -0.2) is 9.91 Å². The first-order valence-electron chi connectivity index (χ1n) is 4.40. The average Bonchev–Trinajstić information content (AvgIpc) is 2.23. The van der Waals surface area contributed by atoms with E-state index in [4.69, 9.17) is 11.6 Å². The number of rotatable bonds is 1. The number of aromatic nitrogens is 1. The second kappa shape index (κ2) is 3.68. The summed E-state index contributed by atoms with van der Waals surface area (Å²) in [5.74, 6) is -0.609. The van der Waals surface area contributed by atoms with Gasteiger partial charge in [0.15, 0.2) is 0 Å². The van der Waals surface area contributed by atoms with Gasteiger partial charge in [-0.2, -0.15) is 0 Å². The topological polar surface area (TPSA) is 56.0 Å². The number of pyridine rings is 1. The molecule has 0 aliphatic heterocycles. The van der Waals surface area contributed by atoms with Gasteiger partial charge in [-0.1, -0.05) is 17.7 Å². The van der Waals surface area contributed by atoms with Crippen molar-refractivity contribution >= 4 is 28.2 Å². The molecule has 0 fully saturated rings. The molecule has 2 rings (SSSR count). The number of benzene rings is 1. The summed E-state index contributed by atoms with van der Waals surface area (Å²) in [5.41, 5.74) is 0.669. The number of aryl methyl sites for hydroxylation is 1. The summed E-state index contributed by atoms with van der Waals surface area (Å²) < 4.78 is 13.5. The van der Waals surface area contributed by atoms with Crippen LogP contribution in [0.15, 0.2) is 18.3 Å². The van der Waals surface area contributed by atoms with Crippen molar-refractivity contribution in [3.63, 3.8) is 0 Å². The third-order valence-electron chi connectivity index (χ3n) is 2.29. The van der Waals surface area contributed by atoms with Gasteiger partial charge in [0.2, 0.25) is 0 Å². The van der Waals surface area contributed by atoms with Gasteiger partial charge in [0.05, 0.1) is 15.8 Å². The van der Waals surface area contributed by atoms with Crippen LogP contribution in [0.1, 0.15) is 5.56 Å². The summed E-state index contributed by atoms with van der Waals surface area (Å²) in [5, 5.41) is 10.4. The Hall–Kier alpha value is -1.75. The quantitative estimate of drug-likeness (QED) is 0.568. The molecule has 4 nitrogen and oxygen atoms in total. The van der Waals surface area contributed by atoms with E-state index in [9.17, 15) is 14.5 Å². The second-order valence-corrected chi connectivity index (χ2v) is 3.68. The van der Waals surface area contributed by atoms with Crippen LogP contribution in [0.2, 0.25) is 5.02 Å². The molecule has 0 bridgehead atoms. The van der Waals surface area contributed by atoms with Gasteiger partial charge < -0.3 is 0 Å². The fraction of sp³-hybridized carbons (Fsp3) is 0.100. The van der Waals surface area contributed by atoms with Crippen LogP contribution < -0.4 is 0 Å². The molecule has 0 amide bonds. The van der Waals surface area contributed by atoms with E-state index >= 15 is 0 Å². The zero-order chi connectivity index (χ0) is 11.9. The van der Waals surface area contributed by atoms with E-state index in [1.807, 2.05) is 0 Å². The van der Waals surface area contributed by atoms with Crippen molar-refractivity contribution in [3.05, 3.63) is 44.8 Å². The molecule has 0 aliphatic carbocycles. The fourth-order valence-corrected chi connectivity index (χ4v) is 1.78. The Kier molecular flexibility index (Phi) is 2.47. The van der Waals surface area contributed by atoms with Crippen LogP contribution in [0.4, 0.5) is 10.1 Å². The SMILES string of the molecule is Cc1ccc(F)c2c(Cl)c([N+](=O)[O-])cnc12. The van der Waals surface area contributed by atoms with E-state index in [1.54, 1.807) is 13.0 Å². The van der Waals surface area contributed by atoms with Crippen LogP contribution in [0.5, 0.6) is 0 Å². The Labute approximate surface area is 94.8 Å². The molecule has 1 heterocycles. The summed E-state index contributed by atoms with van der Waals surface area (Å²) >= 11 is 5.79. The van der Waals surface area contributed by atoms with E-state index in [-0.39, 0.29) is 10.4 Å². The molecule has 0 N–H and O–H groups in total. The molecule has 0 saturated heterocycles. The van der Waals surface area contributed by atoms with Gasteiger partial charge in [-0.3, -0.25) is 10.1 Å². The number of nitrogens with zero attached hydrogens (tertiary/aromatic N) is 2. The number of hydrogen-bond donors (Lipinski definition) is 0. The molecule has 0 radical (unpaired) electrons. The molecule has 0 unspecified atom stereocenters. The third-order valence-corrected chi connectivity index (χ3v) is 2.67. The summed E-state index contributed by atoms with van der Waals surface area (Å²) in [6.45, 7) is 1.73. The van der Waals surface area contributed by atoms with E-state index < -0.39 is 16.4 Å². The molecule has 0 atom stereocenters. The fourth-order valence-electron chi connectivity index (χ4n) is 1.48.